The van der Waals surface area contributed by atoms with Crippen LogP contribution in [-0.4, -0.2) is 29.5 Å². The third-order valence-corrected chi connectivity index (χ3v) is 4.11. The molecule has 2 heterocycles. The van der Waals surface area contributed by atoms with E-state index in [1.165, 1.54) is 55.4 Å². The lowest BCUT2D eigenvalue weighted by Crippen LogP contribution is -2.34. The number of piperidine rings is 1. The summed E-state index contributed by atoms with van der Waals surface area (Å²) in [6, 6.07) is 8.90. The Labute approximate surface area is 109 Å². The molecule has 0 amide bonds. The van der Waals surface area contributed by atoms with Crippen molar-refractivity contribution in [1.82, 2.24) is 9.88 Å². The lowest BCUT2D eigenvalue weighted by atomic mass is 9.88. The molecular weight excluding hydrogens is 220 g/mol. The molecule has 1 saturated heterocycles. The van der Waals surface area contributed by atoms with E-state index in [0.29, 0.717) is 5.92 Å². The van der Waals surface area contributed by atoms with Crippen LogP contribution >= 0.6 is 0 Å². The van der Waals surface area contributed by atoms with Gasteiger partial charge in [0, 0.05) is 23.6 Å². The molecule has 1 aromatic carbocycles. The summed E-state index contributed by atoms with van der Waals surface area (Å²) in [6.45, 7) is 6.04. The molecule has 0 spiro atoms. The monoisotopic (exact) mass is 242 g/mol. The first-order chi connectivity index (χ1) is 8.88. The van der Waals surface area contributed by atoms with Gasteiger partial charge in [-0.2, -0.15) is 0 Å². The minimum Gasteiger partial charge on any atom is -0.361 e. The van der Waals surface area contributed by atoms with E-state index in [1.807, 2.05) is 0 Å². The number of fused-ring (bicyclic) bond motifs is 1. The van der Waals surface area contributed by atoms with Gasteiger partial charge in [0.15, 0.2) is 0 Å². The number of aromatic amines is 1. The number of aromatic nitrogens is 1. The number of hydrogen-bond acceptors (Lipinski definition) is 1. The van der Waals surface area contributed by atoms with E-state index in [4.69, 9.17) is 0 Å². The summed E-state index contributed by atoms with van der Waals surface area (Å²) in [6.07, 6.45) is 6.00. The molecule has 1 aliphatic rings. The van der Waals surface area contributed by atoms with Crippen molar-refractivity contribution in [3.8, 4) is 0 Å². The number of likely N-dealkylation sites (tertiary alicyclic amines) is 1. The third-order valence-electron chi connectivity index (χ3n) is 4.11. The molecule has 1 fully saturated rings. The Bertz CT molecular complexity index is 513. The van der Waals surface area contributed by atoms with Crippen molar-refractivity contribution in [1.29, 1.82) is 0 Å². The zero-order chi connectivity index (χ0) is 12.4. The molecule has 0 radical (unpaired) electrons. The van der Waals surface area contributed by atoms with E-state index in [0.717, 1.165) is 0 Å². The van der Waals surface area contributed by atoms with Crippen molar-refractivity contribution in [2.45, 2.75) is 32.1 Å². The van der Waals surface area contributed by atoms with E-state index < -0.39 is 0 Å². The van der Waals surface area contributed by atoms with Crippen LogP contribution < -0.4 is 0 Å². The summed E-state index contributed by atoms with van der Waals surface area (Å²) >= 11 is 0. The third kappa shape index (κ3) is 2.17. The number of nitrogens with zero attached hydrogens (tertiary/aromatic N) is 1. The molecule has 0 saturated carbocycles. The molecule has 0 aliphatic carbocycles. The summed E-state index contributed by atoms with van der Waals surface area (Å²) in [5.74, 6) is 0.713. The Morgan fingerprint density at radius 3 is 3.17 bits per heavy atom. The van der Waals surface area contributed by atoms with E-state index in [9.17, 15) is 0 Å². The Kier molecular flexibility index (Phi) is 3.37. The fourth-order valence-corrected chi connectivity index (χ4v) is 3.29. The van der Waals surface area contributed by atoms with Crippen LogP contribution in [0.25, 0.3) is 10.9 Å². The summed E-state index contributed by atoms with van der Waals surface area (Å²) in [4.78, 5) is 5.95. The van der Waals surface area contributed by atoms with Gasteiger partial charge in [0.25, 0.3) is 0 Å². The molecule has 2 aromatic rings. The molecule has 0 unspecified atom stereocenters. The van der Waals surface area contributed by atoms with Crippen molar-refractivity contribution in [2.24, 2.45) is 0 Å². The minimum atomic E-state index is 0.713. The Morgan fingerprint density at radius 1 is 1.33 bits per heavy atom. The fraction of sp³-hybridized carbons (Fsp3) is 0.500. The number of H-pyrrole nitrogens is 1. The van der Waals surface area contributed by atoms with Gasteiger partial charge in [-0.05, 0) is 56.0 Å². The topological polar surface area (TPSA) is 19.0 Å². The molecule has 2 heteroatoms. The van der Waals surface area contributed by atoms with Crippen LogP contribution in [0.15, 0.2) is 30.5 Å². The zero-order valence-corrected chi connectivity index (χ0v) is 11.2. The van der Waals surface area contributed by atoms with Crippen LogP contribution in [-0.2, 0) is 0 Å². The van der Waals surface area contributed by atoms with Gasteiger partial charge in [0.2, 0.25) is 0 Å². The maximum Gasteiger partial charge on any atom is 0.0456 e. The van der Waals surface area contributed by atoms with Crippen LogP contribution in [0.2, 0.25) is 0 Å². The van der Waals surface area contributed by atoms with E-state index in [1.54, 1.807) is 0 Å². The average Bonchev–Trinajstić information content (AvgIpc) is 2.87. The van der Waals surface area contributed by atoms with Crippen LogP contribution in [0.4, 0.5) is 0 Å². The first-order valence-electron chi connectivity index (χ1n) is 7.17. The normalized spacial score (nSPS) is 21.5. The second-order valence-electron chi connectivity index (χ2n) is 5.43. The summed E-state index contributed by atoms with van der Waals surface area (Å²) in [5, 5.41) is 1.42. The zero-order valence-electron chi connectivity index (χ0n) is 11.2. The van der Waals surface area contributed by atoms with Crippen LogP contribution in [0, 0.1) is 0 Å². The predicted octanol–water partition coefficient (Wildman–Crippen LogP) is 3.76. The van der Waals surface area contributed by atoms with Crippen LogP contribution in [0.3, 0.4) is 0 Å². The fourth-order valence-electron chi connectivity index (χ4n) is 3.29. The van der Waals surface area contributed by atoms with E-state index in [-0.39, 0.29) is 0 Å². The van der Waals surface area contributed by atoms with Crippen molar-refractivity contribution >= 4 is 10.9 Å². The molecule has 0 bridgehead atoms. The van der Waals surface area contributed by atoms with Crippen LogP contribution in [0.5, 0.6) is 0 Å². The smallest absolute Gasteiger partial charge is 0.0456 e. The standard InChI is InChI=1S/C16H22N2/c1-2-10-18-11-4-5-13(12-18)14-6-3-7-16-15(14)8-9-17-16/h3,6-9,13,17H,2,4-5,10-12H2,1H3/t13-/m0/s1. The largest absolute Gasteiger partial charge is 0.361 e. The highest BCUT2D eigenvalue weighted by Gasteiger charge is 2.22. The van der Waals surface area contributed by atoms with Crippen molar-refractivity contribution < 1.29 is 0 Å². The van der Waals surface area contributed by atoms with E-state index in [2.05, 4.69) is 47.3 Å². The van der Waals surface area contributed by atoms with Gasteiger partial charge in [0.05, 0.1) is 0 Å². The van der Waals surface area contributed by atoms with Crippen molar-refractivity contribution in [2.75, 3.05) is 19.6 Å². The average molecular weight is 242 g/mol. The molecular formula is C16H22N2. The first-order valence-corrected chi connectivity index (χ1v) is 7.17. The van der Waals surface area contributed by atoms with Gasteiger partial charge in [-0.3, -0.25) is 0 Å². The van der Waals surface area contributed by atoms with E-state index >= 15 is 0 Å². The predicted molar refractivity (Wildman–Crippen MR) is 77.0 cm³/mol. The number of nitrogens with one attached hydrogen (secondary N) is 1. The second kappa shape index (κ2) is 5.15. The molecule has 1 aromatic heterocycles. The SMILES string of the molecule is CCCN1CCC[C@H](c2cccc3[nH]ccc23)C1. The summed E-state index contributed by atoms with van der Waals surface area (Å²) < 4.78 is 0. The molecule has 18 heavy (non-hydrogen) atoms. The Hall–Kier alpha value is -1.28. The van der Waals surface area contributed by atoms with Crippen LogP contribution in [0.1, 0.15) is 37.7 Å². The number of rotatable bonds is 3. The van der Waals surface area contributed by atoms with Crippen molar-refractivity contribution in [3.05, 3.63) is 36.0 Å². The molecule has 1 atom stereocenters. The highest BCUT2D eigenvalue weighted by atomic mass is 15.1. The quantitative estimate of drug-likeness (QED) is 0.868. The molecule has 2 nitrogen and oxygen atoms in total. The van der Waals surface area contributed by atoms with Gasteiger partial charge >= 0.3 is 0 Å². The van der Waals surface area contributed by atoms with Gasteiger partial charge in [-0.1, -0.05) is 19.1 Å². The molecule has 1 N–H and O–H groups in total. The lowest BCUT2D eigenvalue weighted by molar-refractivity contribution is 0.209. The van der Waals surface area contributed by atoms with Gasteiger partial charge in [-0.15, -0.1) is 0 Å². The van der Waals surface area contributed by atoms with Crippen molar-refractivity contribution in [3.63, 3.8) is 0 Å². The second-order valence-corrected chi connectivity index (χ2v) is 5.43. The number of benzene rings is 1. The van der Waals surface area contributed by atoms with Gasteiger partial charge in [0.1, 0.15) is 0 Å². The molecule has 1 aliphatic heterocycles. The summed E-state index contributed by atoms with van der Waals surface area (Å²) in [7, 11) is 0. The minimum absolute atomic E-state index is 0.713. The first kappa shape index (κ1) is 11.8. The maximum atomic E-state index is 3.32. The lowest BCUT2D eigenvalue weighted by Gasteiger charge is -2.33. The highest BCUT2D eigenvalue weighted by Crippen LogP contribution is 2.31. The summed E-state index contributed by atoms with van der Waals surface area (Å²) in [5.41, 5.74) is 2.81. The van der Waals surface area contributed by atoms with Gasteiger partial charge in [-0.25, -0.2) is 0 Å². The molecule has 3 rings (SSSR count). The highest BCUT2D eigenvalue weighted by molar-refractivity contribution is 5.83. The number of hydrogen-bond donors (Lipinski definition) is 1. The Morgan fingerprint density at radius 2 is 2.28 bits per heavy atom. The van der Waals surface area contributed by atoms with Gasteiger partial charge < -0.3 is 9.88 Å². The molecule has 96 valence electrons. The maximum absolute atomic E-state index is 3.32. The Balaban J connectivity index is 1.87.